The second kappa shape index (κ2) is 11.4. The van der Waals surface area contributed by atoms with Crippen LogP contribution in [0, 0.1) is 6.92 Å². The van der Waals surface area contributed by atoms with E-state index in [1.165, 1.54) is 16.9 Å². The Kier molecular flexibility index (Phi) is 7.65. The highest BCUT2D eigenvalue weighted by atomic mass is 32.1. The van der Waals surface area contributed by atoms with E-state index in [0.717, 1.165) is 22.5 Å². The van der Waals surface area contributed by atoms with Crippen LogP contribution < -0.4 is 5.32 Å². The molecule has 0 saturated carbocycles. The van der Waals surface area contributed by atoms with Gasteiger partial charge in [0.05, 0.1) is 5.69 Å². The first kappa shape index (κ1) is 25.4. The largest absolute Gasteiger partial charge is 0.349 e. The average Bonchev–Trinajstić information content (AvgIpc) is 3.53. The minimum Gasteiger partial charge on any atom is -0.349 e. The highest BCUT2D eigenvalue weighted by Crippen LogP contribution is 2.25. The summed E-state index contributed by atoms with van der Waals surface area (Å²) in [6, 6.07) is 27.6. The smallest absolute Gasteiger partial charge is 0.270 e. The van der Waals surface area contributed by atoms with Crippen molar-refractivity contribution in [3.63, 3.8) is 0 Å². The van der Waals surface area contributed by atoms with Crippen molar-refractivity contribution < 1.29 is 9.59 Å². The summed E-state index contributed by atoms with van der Waals surface area (Å²) in [5.74, 6) is -0.263. The zero-order valence-electron chi connectivity index (χ0n) is 21.5. The first-order valence-electron chi connectivity index (χ1n) is 12.7. The predicted molar refractivity (Wildman–Crippen MR) is 153 cm³/mol. The van der Waals surface area contributed by atoms with Gasteiger partial charge in [0, 0.05) is 36.8 Å². The standard InChI is InChI=1S/C31H30N4O2S/c1-22-28(35-19-20-38-31(35)33-22)29(36)32-21-25(18-17-23-11-5-3-6-12-23)34(2)30(37)27-16-10-9-15-26(27)24-13-7-4-8-14-24/h3-16,19-20,25H,17-18,21H2,1-2H3,(H,32,36)/t25-/m0/s1. The van der Waals surface area contributed by atoms with Crippen LogP contribution in [0.3, 0.4) is 0 Å². The summed E-state index contributed by atoms with van der Waals surface area (Å²) in [5, 5.41) is 5.00. The van der Waals surface area contributed by atoms with Crippen molar-refractivity contribution in [3.05, 3.63) is 119 Å². The lowest BCUT2D eigenvalue weighted by molar-refractivity contribution is 0.0711. The maximum atomic E-state index is 13.9. The molecule has 0 saturated heterocycles. The van der Waals surface area contributed by atoms with Crippen LogP contribution in [0.4, 0.5) is 0 Å². The fourth-order valence-corrected chi connectivity index (χ4v) is 5.53. The van der Waals surface area contributed by atoms with Gasteiger partial charge >= 0.3 is 0 Å². The fraction of sp³-hybridized carbons (Fsp3) is 0.194. The lowest BCUT2D eigenvalue weighted by atomic mass is 9.97. The lowest BCUT2D eigenvalue weighted by Gasteiger charge is -2.29. The minimum atomic E-state index is -0.207. The first-order chi connectivity index (χ1) is 18.5. The molecule has 0 radical (unpaired) electrons. The number of imidazole rings is 1. The molecule has 2 aromatic heterocycles. The number of aryl methyl sites for hydroxylation is 2. The number of benzene rings is 3. The number of rotatable bonds is 9. The number of carbonyl (C=O) groups is 2. The Morgan fingerprint density at radius 1 is 0.974 bits per heavy atom. The highest BCUT2D eigenvalue weighted by Gasteiger charge is 2.25. The van der Waals surface area contributed by atoms with Gasteiger partial charge in [-0.1, -0.05) is 78.9 Å². The number of nitrogens with one attached hydrogen (secondary N) is 1. The van der Waals surface area contributed by atoms with Gasteiger partial charge in [-0.2, -0.15) is 0 Å². The molecule has 0 spiro atoms. The summed E-state index contributed by atoms with van der Waals surface area (Å²) in [6.45, 7) is 2.18. The van der Waals surface area contributed by atoms with Crippen LogP contribution >= 0.6 is 11.3 Å². The Hall–Kier alpha value is -4.23. The maximum Gasteiger partial charge on any atom is 0.270 e. The van der Waals surface area contributed by atoms with Crippen LogP contribution in [-0.4, -0.2) is 45.7 Å². The van der Waals surface area contributed by atoms with Gasteiger partial charge in [0.25, 0.3) is 11.8 Å². The Morgan fingerprint density at radius 3 is 2.42 bits per heavy atom. The van der Waals surface area contributed by atoms with Gasteiger partial charge in [-0.25, -0.2) is 4.98 Å². The third kappa shape index (κ3) is 5.38. The lowest BCUT2D eigenvalue weighted by Crippen LogP contribution is -2.45. The number of fused-ring (bicyclic) bond motifs is 1. The second-order valence-corrected chi connectivity index (χ2v) is 10.2. The van der Waals surface area contributed by atoms with Gasteiger partial charge in [0.15, 0.2) is 4.96 Å². The highest BCUT2D eigenvalue weighted by molar-refractivity contribution is 7.15. The number of hydrogen-bond donors (Lipinski definition) is 1. The van der Waals surface area contributed by atoms with Crippen LogP contribution in [0.15, 0.2) is 96.5 Å². The fourth-order valence-electron chi connectivity index (χ4n) is 4.77. The molecule has 7 heteroatoms. The quantitative estimate of drug-likeness (QED) is 0.263. The van der Waals surface area contributed by atoms with E-state index >= 15 is 0 Å². The molecule has 2 heterocycles. The monoisotopic (exact) mass is 522 g/mol. The molecule has 192 valence electrons. The topological polar surface area (TPSA) is 66.7 Å². The Morgan fingerprint density at radius 2 is 1.66 bits per heavy atom. The summed E-state index contributed by atoms with van der Waals surface area (Å²) < 4.78 is 1.82. The summed E-state index contributed by atoms with van der Waals surface area (Å²) in [6.07, 6.45) is 3.36. The maximum absolute atomic E-state index is 13.9. The van der Waals surface area contributed by atoms with E-state index in [-0.39, 0.29) is 17.9 Å². The van der Waals surface area contributed by atoms with Crippen molar-refractivity contribution in [3.8, 4) is 11.1 Å². The molecule has 0 aliphatic heterocycles. The van der Waals surface area contributed by atoms with E-state index in [2.05, 4.69) is 22.4 Å². The summed E-state index contributed by atoms with van der Waals surface area (Å²) in [5.41, 5.74) is 4.95. The van der Waals surface area contributed by atoms with Gasteiger partial charge in [0.1, 0.15) is 5.69 Å². The molecule has 6 nitrogen and oxygen atoms in total. The van der Waals surface area contributed by atoms with E-state index < -0.39 is 0 Å². The number of hydrogen-bond acceptors (Lipinski definition) is 4. The molecule has 0 aliphatic rings. The van der Waals surface area contributed by atoms with Crippen molar-refractivity contribution >= 4 is 28.1 Å². The second-order valence-electron chi connectivity index (χ2n) is 9.32. The van der Waals surface area contributed by atoms with Crippen molar-refractivity contribution in [1.29, 1.82) is 0 Å². The summed E-state index contributed by atoms with van der Waals surface area (Å²) in [4.78, 5) is 34.2. The zero-order valence-corrected chi connectivity index (χ0v) is 22.3. The number of likely N-dealkylation sites (N-methyl/N-ethyl adjacent to an activating group) is 1. The number of carbonyl (C=O) groups excluding carboxylic acids is 2. The van der Waals surface area contributed by atoms with E-state index in [0.29, 0.717) is 29.9 Å². The molecule has 2 amide bonds. The van der Waals surface area contributed by atoms with Crippen LogP contribution in [0.5, 0.6) is 0 Å². The predicted octanol–water partition coefficient (Wildman–Crippen LogP) is 5.87. The van der Waals surface area contributed by atoms with E-state index in [9.17, 15) is 9.59 Å². The van der Waals surface area contributed by atoms with Crippen molar-refractivity contribution in [2.45, 2.75) is 25.8 Å². The minimum absolute atomic E-state index is 0.0717. The van der Waals surface area contributed by atoms with Crippen molar-refractivity contribution in [1.82, 2.24) is 19.6 Å². The third-order valence-electron chi connectivity index (χ3n) is 6.87. The normalized spacial score (nSPS) is 11.8. The van der Waals surface area contributed by atoms with Crippen LogP contribution in [0.1, 0.15) is 38.5 Å². The third-order valence-corrected chi connectivity index (χ3v) is 7.63. The summed E-state index contributed by atoms with van der Waals surface area (Å²) >= 11 is 1.49. The molecule has 0 bridgehead atoms. The average molecular weight is 523 g/mol. The Bertz CT molecular complexity index is 1540. The first-order valence-corrected chi connectivity index (χ1v) is 13.6. The van der Waals surface area contributed by atoms with Crippen LogP contribution in [0.2, 0.25) is 0 Å². The molecule has 5 rings (SSSR count). The zero-order chi connectivity index (χ0) is 26.5. The van der Waals surface area contributed by atoms with Crippen molar-refractivity contribution in [2.75, 3.05) is 13.6 Å². The SMILES string of the molecule is Cc1nc2sccn2c1C(=O)NC[C@H](CCc1ccccc1)N(C)C(=O)c1ccccc1-c1ccccc1. The molecule has 1 atom stereocenters. The Balaban J connectivity index is 1.38. The van der Waals surface area contributed by atoms with Crippen LogP contribution in [-0.2, 0) is 6.42 Å². The molecule has 0 aliphatic carbocycles. The molecular weight excluding hydrogens is 492 g/mol. The molecule has 5 aromatic rings. The number of amides is 2. The number of nitrogens with zero attached hydrogens (tertiary/aromatic N) is 3. The van der Waals surface area contributed by atoms with Gasteiger partial charge < -0.3 is 10.2 Å². The van der Waals surface area contributed by atoms with Gasteiger partial charge in [-0.05, 0) is 42.5 Å². The van der Waals surface area contributed by atoms with Gasteiger partial charge in [0.2, 0.25) is 0 Å². The number of thiazole rings is 1. The molecule has 3 aromatic carbocycles. The van der Waals surface area contributed by atoms with Crippen molar-refractivity contribution in [2.24, 2.45) is 0 Å². The Labute approximate surface area is 226 Å². The summed E-state index contributed by atoms with van der Waals surface area (Å²) in [7, 11) is 1.83. The molecular formula is C31H30N4O2S. The van der Waals surface area contributed by atoms with E-state index in [1.54, 1.807) is 4.90 Å². The van der Waals surface area contributed by atoms with Gasteiger partial charge in [-0.15, -0.1) is 11.3 Å². The van der Waals surface area contributed by atoms with E-state index in [4.69, 9.17) is 0 Å². The molecule has 38 heavy (non-hydrogen) atoms. The molecule has 0 unspecified atom stereocenters. The number of aromatic nitrogens is 2. The van der Waals surface area contributed by atoms with Crippen LogP contribution in [0.25, 0.3) is 16.1 Å². The molecule has 0 fully saturated rings. The molecule has 1 N–H and O–H groups in total. The van der Waals surface area contributed by atoms with Gasteiger partial charge in [-0.3, -0.25) is 14.0 Å². The van der Waals surface area contributed by atoms with E-state index in [1.807, 2.05) is 103 Å².